The summed E-state index contributed by atoms with van der Waals surface area (Å²) in [5, 5.41) is 5.56. The van der Waals surface area contributed by atoms with Crippen molar-refractivity contribution in [2.24, 2.45) is 7.05 Å². The number of carbonyl (C=O) groups is 1. The topological polar surface area (TPSA) is 88.0 Å². The molecule has 12 heteroatoms. The average molecular weight is 477 g/mol. The van der Waals surface area contributed by atoms with E-state index < -0.39 is 24.0 Å². The summed E-state index contributed by atoms with van der Waals surface area (Å²) in [6.07, 6.45) is -3.07. The van der Waals surface area contributed by atoms with Crippen molar-refractivity contribution in [3.63, 3.8) is 0 Å². The Labute approximate surface area is 192 Å². The number of hydrogen-bond donors (Lipinski definition) is 2. The van der Waals surface area contributed by atoms with Gasteiger partial charge in [0.1, 0.15) is 6.17 Å². The minimum Gasteiger partial charge on any atom is -0.347 e. The largest absolute Gasteiger partial charge is 0.419 e. The molecule has 0 bridgehead atoms. The summed E-state index contributed by atoms with van der Waals surface area (Å²) in [4.78, 5) is 25.6. The number of nitrogens with one attached hydrogen (secondary N) is 2. The number of hydrogen-bond acceptors (Lipinski definition) is 6. The van der Waals surface area contributed by atoms with Gasteiger partial charge in [0.2, 0.25) is 17.8 Å². The molecule has 1 saturated heterocycles. The summed E-state index contributed by atoms with van der Waals surface area (Å²) in [5.41, 5.74) is 1.98. The van der Waals surface area contributed by atoms with Gasteiger partial charge in [-0.3, -0.25) is 4.79 Å². The maximum atomic E-state index is 14.7. The molecule has 2 atom stereocenters. The van der Waals surface area contributed by atoms with Crippen LogP contribution in [0.1, 0.15) is 17.5 Å². The molecule has 4 rings (SSSR count). The lowest BCUT2D eigenvalue weighted by molar-refractivity contribution is -0.138. The number of fused-ring (bicyclic) bond motifs is 1. The van der Waals surface area contributed by atoms with Crippen molar-refractivity contribution in [1.82, 2.24) is 19.5 Å². The van der Waals surface area contributed by atoms with Gasteiger partial charge in [-0.25, -0.2) is 19.3 Å². The van der Waals surface area contributed by atoms with Crippen LogP contribution in [0.2, 0.25) is 0 Å². The summed E-state index contributed by atoms with van der Waals surface area (Å²) in [7, 11) is 1.84. The van der Waals surface area contributed by atoms with Gasteiger partial charge in [-0.15, -0.1) is 0 Å². The number of carbonyl (C=O) groups excluding carboxylic acids is 1. The molecule has 3 aromatic rings. The molecule has 0 saturated carbocycles. The molecule has 1 aliphatic heterocycles. The van der Waals surface area contributed by atoms with E-state index in [0.29, 0.717) is 36.1 Å². The fraction of sp³-hybridized carbons (Fsp3) is 0.364. The van der Waals surface area contributed by atoms with E-state index in [0.717, 1.165) is 11.1 Å². The number of benzene rings is 1. The molecule has 1 fully saturated rings. The molecular formula is C22H23F4N7O. The molecule has 2 N–H and O–H groups in total. The van der Waals surface area contributed by atoms with Crippen LogP contribution in [-0.2, 0) is 18.0 Å². The van der Waals surface area contributed by atoms with Crippen LogP contribution in [-0.4, -0.2) is 50.7 Å². The highest BCUT2D eigenvalue weighted by molar-refractivity contribution is 6.00. The monoisotopic (exact) mass is 477 g/mol. The smallest absolute Gasteiger partial charge is 0.347 e. The quantitative estimate of drug-likeness (QED) is 0.429. The minimum absolute atomic E-state index is 0.0780. The number of aromatic nitrogens is 4. The van der Waals surface area contributed by atoms with Gasteiger partial charge >= 0.3 is 6.18 Å². The van der Waals surface area contributed by atoms with E-state index in [1.54, 1.807) is 6.07 Å². The summed E-state index contributed by atoms with van der Waals surface area (Å²) < 4.78 is 54.7. The number of nitrogens with zero attached hydrogens (tertiary/aromatic N) is 5. The number of anilines is 3. The van der Waals surface area contributed by atoms with Gasteiger partial charge in [0.05, 0.1) is 22.6 Å². The maximum absolute atomic E-state index is 14.7. The molecule has 2 aromatic heterocycles. The maximum Gasteiger partial charge on any atom is 0.419 e. The van der Waals surface area contributed by atoms with E-state index in [2.05, 4.69) is 32.2 Å². The zero-order chi connectivity index (χ0) is 24.6. The van der Waals surface area contributed by atoms with Crippen LogP contribution >= 0.6 is 0 Å². The molecule has 0 unspecified atom stereocenters. The number of alkyl halides is 4. The molecule has 3 heterocycles. The number of piperidine rings is 1. The Morgan fingerprint density at radius 3 is 2.62 bits per heavy atom. The predicted molar refractivity (Wildman–Crippen MR) is 120 cm³/mol. The number of rotatable bonds is 5. The van der Waals surface area contributed by atoms with Gasteiger partial charge in [-0.1, -0.05) is 6.58 Å². The first-order valence-electron chi connectivity index (χ1n) is 10.5. The molecule has 34 heavy (non-hydrogen) atoms. The van der Waals surface area contributed by atoms with Crippen molar-refractivity contribution in [3.05, 3.63) is 48.3 Å². The van der Waals surface area contributed by atoms with Crippen molar-refractivity contribution in [1.29, 1.82) is 0 Å². The first kappa shape index (κ1) is 23.5. The molecule has 180 valence electrons. The highest BCUT2D eigenvalue weighted by atomic mass is 19.4. The van der Waals surface area contributed by atoms with E-state index >= 15 is 0 Å². The minimum atomic E-state index is -4.55. The van der Waals surface area contributed by atoms with Crippen LogP contribution in [0.3, 0.4) is 0 Å². The predicted octanol–water partition coefficient (Wildman–Crippen LogP) is 3.84. The van der Waals surface area contributed by atoms with Crippen molar-refractivity contribution in [2.75, 3.05) is 28.6 Å². The number of amides is 1. The van der Waals surface area contributed by atoms with Crippen molar-refractivity contribution < 1.29 is 22.4 Å². The van der Waals surface area contributed by atoms with Gasteiger partial charge in [0, 0.05) is 38.2 Å². The summed E-state index contributed by atoms with van der Waals surface area (Å²) in [6, 6.07) is 2.93. The Bertz CT molecular complexity index is 1220. The molecule has 0 spiro atoms. The van der Waals surface area contributed by atoms with Gasteiger partial charge in [0.15, 0.2) is 0 Å². The molecular weight excluding hydrogens is 454 g/mol. The van der Waals surface area contributed by atoms with E-state index in [9.17, 15) is 22.4 Å². The Kier molecular flexibility index (Phi) is 6.15. The lowest BCUT2D eigenvalue weighted by atomic mass is 10.0. The van der Waals surface area contributed by atoms with E-state index in [4.69, 9.17) is 0 Å². The van der Waals surface area contributed by atoms with Crippen molar-refractivity contribution in [2.45, 2.75) is 31.7 Å². The first-order valence-corrected chi connectivity index (χ1v) is 10.5. The second kappa shape index (κ2) is 8.92. The zero-order valence-corrected chi connectivity index (χ0v) is 18.5. The number of halogens is 4. The Morgan fingerprint density at radius 2 is 1.97 bits per heavy atom. The van der Waals surface area contributed by atoms with Crippen LogP contribution in [0.5, 0.6) is 0 Å². The molecule has 8 nitrogen and oxygen atoms in total. The number of aryl methyl sites for hydroxylation is 2. The Hall–Kier alpha value is -3.70. The Balaban J connectivity index is 1.56. The lowest BCUT2D eigenvalue weighted by Crippen LogP contribution is -2.49. The third kappa shape index (κ3) is 4.66. The second-order valence-corrected chi connectivity index (χ2v) is 8.11. The van der Waals surface area contributed by atoms with Gasteiger partial charge in [-0.2, -0.15) is 13.2 Å². The zero-order valence-electron chi connectivity index (χ0n) is 18.5. The average Bonchev–Trinajstić information content (AvgIpc) is 3.10. The van der Waals surface area contributed by atoms with Crippen LogP contribution in [0.25, 0.3) is 11.0 Å². The fourth-order valence-electron chi connectivity index (χ4n) is 3.89. The molecule has 1 amide bonds. The molecule has 0 radical (unpaired) electrons. The third-order valence-electron chi connectivity index (χ3n) is 5.75. The summed E-state index contributed by atoms with van der Waals surface area (Å²) >= 11 is 0. The van der Waals surface area contributed by atoms with Crippen molar-refractivity contribution in [3.8, 4) is 0 Å². The molecule has 1 aromatic carbocycles. The standard InChI is InChI=1S/C22H23F4N7O/c1-4-19(34)29-15-8-16-18(7-12(15)2)32(3)21(31-16)33-6-5-14(23)17(11-33)30-20-27-9-13(10-28-20)22(24,25)26/h4,7-10,14,17H,1,5-6,11H2,2-3H3,(H,29,34)(H,27,28,30)/t14-,17-/m0/s1. The van der Waals surface area contributed by atoms with Gasteiger partial charge in [0.25, 0.3) is 0 Å². The fourth-order valence-corrected chi connectivity index (χ4v) is 3.89. The molecule has 0 aliphatic carbocycles. The normalized spacial score (nSPS) is 18.7. The SMILES string of the molecule is C=CC(=O)Nc1cc2nc(N3CC[C@H](F)[C@@H](Nc4ncc(C(F)(F)F)cn4)C3)n(C)c2cc1C. The van der Waals surface area contributed by atoms with Crippen LogP contribution in [0, 0.1) is 6.92 Å². The second-order valence-electron chi connectivity index (χ2n) is 8.11. The summed E-state index contributed by atoms with van der Waals surface area (Å²) in [6.45, 7) is 5.93. The van der Waals surface area contributed by atoms with E-state index in [1.807, 2.05) is 29.5 Å². The first-order chi connectivity index (χ1) is 16.1. The lowest BCUT2D eigenvalue weighted by Gasteiger charge is -2.36. The van der Waals surface area contributed by atoms with Gasteiger partial charge < -0.3 is 20.1 Å². The summed E-state index contributed by atoms with van der Waals surface area (Å²) in [5.74, 6) is 0.197. The van der Waals surface area contributed by atoms with Crippen LogP contribution < -0.4 is 15.5 Å². The van der Waals surface area contributed by atoms with Crippen molar-refractivity contribution >= 4 is 34.5 Å². The van der Waals surface area contributed by atoms with Gasteiger partial charge in [-0.05, 0) is 37.1 Å². The third-order valence-corrected chi connectivity index (χ3v) is 5.75. The Morgan fingerprint density at radius 1 is 1.26 bits per heavy atom. The highest BCUT2D eigenvalue weighted by Crippen LogP contribution is 2.30. The van der Waals surface area contributed by atoms with Crippen LogP contribution in [0.15, 0.2) is 37.2 Å². The number of imidazole rings is 1. The van der Waals surface area contributed by atoms with E-state index in [1.165, 1.54) is 6.08 Å². The van der Waals surface area contributed by atoms with Crippen LogP contribution in [0.4, 0.5) is 35.1 Å². The molecule has 1 aliphatic rings. The highest BCUT2D eigenvalue weighted by Gasteiger charge is 2.33. The van der Waals surface area contributed by atoms with E-state index in [-0.39, 0.29) is 24.8 Å².